The number of aromatic nitrogens is 1. The molecule has 2 aromatic rings. The summed E-state index contributed by atoms with van der Waals surface area (Å²) in [5.41, 5.74) is 2.60. The molecule has 0 atom stereocenters. The molecule has 0 spiro atoms. The van der Waals surface area contributed by atoms with Crippen LogP contribution in [0.5, 0.6) is 0 Å². The molecule has 1 heterocycles. The Morgan fingerprint density at radius 2 is 1.96 bits per heavy atom. The second-order valence-electron chi connectivity index (χ2n) is 4.50. The molecule has 0 saturated carbocycles. The summed E-state index contributed by atoms with van der Waals surface area (Å²) < 4.78 is 53.0. The Kier molecular flexibility index (Phi) is 5.67. The van der Waals surface area contributed by atoms with Gasteiger partial charge in [-0.2, -0.15) is 13.2 Å². The summed E-state index contributed by atoms with van der Waals surface area (Å²) in [7, 11) is 0. The largest absolute Gasteiger partial charge is 0.411 e. The van der Waals surface area contributed by atoms with E-state index in [-0.39, 0.29) is 13.0 Å². The van der Waals surface area contributed by atoms with Gasteiger partial charge >= 0.3 is 6.18 Å². The molecule has 0 radical (unpaired) electrons. The summed E-state index contributed by atoms with van der Waals surface area (Å²) in [4.78, 5) is 15.8. The fraction of sp³-hybridized carbons (Fsp3) is 0.286. The van der Waals surface area contributed by atoms with Crippen molar-refractivity contribution in [1.82, 2.24) is 4.98 Å². The molecule has 0 aliphatic heterocycles. The molecule has 1 amide bonds. The maximum atomic E-state index is 12.9. The van der Waals surface area contributed by atoms with Gasteiger partial charge in [0.2, 0.25) is 5.91 Å². The number of hydrogen-bond donors (Lipinski definition) is 1. The quantitative estimate of drug-likeness (QED) is 0.637. The number of carbonyl (C=O) groups is 1. The molecule has 4 nitrogen and oxygen atoms in total. The lowest BCUT2D eigenvalue weighted by Gasteiger charge is -2.08. The van der Waals surface area contributed by atoms with Crippen molar-refractivity contribution in [2.75, 3.05) is 18.5 Å². The van der Waals surface area contributed by atoms with E-state index < -0.39 is 24.5 Å². The van der Waals surface area contributed by atoms with Crippen LogP contribution in [0.2, 0.25) is 0 Å². The second kappa shape index (κ2) is 7.51. The number of alkyl halides is 3. The fourth-order valence-electron chi connectivity index (χ4n) is 1.69. The molecule has 1 aromatic carbocycles. The molecule has 1 N–H and O–H groups in total. The minimum Gasteiger partial charge on any atom is -0.372 e. The predicted molar refractivity (Wildman–Crippen MR) is 77.6 cm³/mol. The van der Waals surface area contributed by atoms with Gasteiger partial charge in [0.05, 0.1) is 18.5 Å². The molecule has 2 rings (SSSR count). The molecule has 124 valence electrons. The van der Waals surface area contributed by atoms with Gasteiger partial charge in [0.1, 0.15) is 23.1 Å². The Bertz CT molecular complexity index is 656. The highest BCUT2D eigenvalue weighted by Crippen LogP contribution is 2.30. The van der Waals surface area contributed by atoms with Crippen molar-refractivity contribution in [2.24, 2.45) is 0 Å². The molecule has 23 heavy (non-hydrogen) atoms. The van der Waals surface area contributed by atoms with Gasteiger partial charge < -0.3 is 10.1 Å². The van der Waals surface area contributed by atoms with E-state index >= 15 is 0 Å². The van der Waals surface area contributed by atoms with Crippen LogP contribution in [-0.2, 0) is 9.53 Å². The number of benzene rings is 1. The van der Waals surface area contributed by atoms with Crippen LogP contribution in [-0.4, -0.2) is 30.3 Å². The average Bonchev–Trinajstić information content (AvgIpc) is 2.91. The van der Waals surface area contributed by atoms with Gasteiger partial charge in [-0.1, -0.05) is 0 Å². The molecule has 1 aromatic heterocycles. The smallest absolute Gasteiger partial charge is 0.372 e. The van der Waals surface area contributed by atoms with Gasteiger partial charge in [0, 0.05) is 5.56 Å². The van der Waals surface area contributed by atoms with Crippen LogP contribution in [0.15, 0.2) is 29.8 Å². The number of nitrogens with one attached hydrogen (secondary N) is 1. The van der Waals surface area contributed by atoms with E-state index in [2.05, 4.69) is 15.0 Å². The van der Waals surface area contributed by atoms with Crippen LogP contribution in [0, 0.1) is 5.82 Å². The van der Waals surface area contributed by atoms with E-state index in [0.717, 1.165) is 11.3 Å². The standard InChI is InChI=1S/C14H12F4N2O2S/c15-10-3-1-9(2-4-10)12-13(23-8-19-12)20-11(21)5-6-22-7-14(16,17)18/h1-4,8H,5-7H2,(H,20,21). The van der Waals surface area contributed by atoms with Crippen LogP contribution in [0.1, 0.15) is 6.42 Å². The number of thiazole rings is 1. The number of anilines is 1. The summed E-state index contributed by atoms with van der Waals surface area (Å²) in [6.45, 7) is -1.72. The van der Waals surface area contributed by atoms with E-state index in [9.17, 15) is 22.4 Å². The van der Waals surface area contributed by atoms with E-state index in [4.69, 9.17) is 0 Å². The average molecular weight is 348 g/mol. The molecule has 9 heteroatoms. The molecule has 0 unspecified atom stereocenters. The maximum absolute atomic E-state index is 12.9. The fourth-order valence-corrected chi connectivity index (χ4v) is 2.41. The molecule has 0 bridgehead atoms. The van der Waals surface area contributed by atoms with Crippen LogP contribution < -0.4 is 5.32 Å². The van der Waals surface area contributed by atoms with Crippen LogP contribution in [0.3, 0.4) is 0 Å². The van der Waals surface area contributed by atoms with Crippen molar-refractivity contribution in [1.29, 1.82) is 0 Å². The van der Waals surface area contributed by atoms with Crippen molar-refractivity contribution in [3.63, 3.8) is 0 Å². The van der Waals surface area contributed by atoms with Gasteiger partial charge in [-0.3, -0.25) is 4.79 Å². The lowest BCUT2D eigenvalue weighted by atomic mass is 10.1. The zero-order chi connectivity index (χ0) is 16.9. The van der Waals surface area contributed by atoms with Crippen LogP contribution >= 0.6 is 11.3 Å². The number of amides is 1. The zero-order valence-electron chi connectivity index (χ0n) is 11.7. The third-order valence-electron chi connectivity index (χ3n) is 2.68. The first-order valence-electron chi connectivity index (χ1n) is 6.49. The summed E-state index contributed by atoms with van der Waals surface area (Å²) in [5, 5.41) is 3.01. The molecule has 0 saturated heterocycles. The zero-order valence-corrected chi connectivity index (χ0v) is 12.5. The number of carbonyl (C=O) groups excluding carboxylic acids is 1. The third-order valence-corrected chi connectivity index (χ3v) is 3.42. The van der Waals surface area contributed by atoms with Gasteiger partial charge in [0.15, 0.2) is 0 Å². The summed E-state index contributed by atoms with van der Waals surface area (Å²) in [6, 6.07) is 5.58. The van der Waals surface area contributed by atoms with Gasteiger partial charge in [0.25, 0.3) is 0 Å². The minimum atomic E-state index is -4.41. The Balaban J connectivity index is 1.90. The van der Waals surface area contributed by atoms with Crippen LogP contribution in [0.25, 0.3) is 11.3 Å². The first-order chi connectivity index (χ1) is 10.8. The van der Waals surface area contributed by atoms with E-state index in [0.29, 0.717) is 16.3 Å². The third kappa shape index (κ3) is 5.61. The Labute approximate surface area is 133 Å². The minimum absolute atomic E-state index is 0.211. The highest BCUT2D eigenvalue weighted by atomic mass is 32.1. The maximum Gasteiger partial charge on any atom is 0.411 e. The molecule has 0 aliphatic rings. The lowest BCUT2D eigenvalue weighted by Crippen LogP contribution is -2.20. The number of rotatable bonds is 6. The van der Waals surface area contributed by atoms with Crippen molar-refractivity contribution in [2.45, 2.75) is 12.6 Å². The monoisotopic (exact) mass is 348 g/mol. The molecule has 0 aliphatic carbocycles. The lowest BCUT2D eigenvalue weighted by molar-refractivity contribution is -0.174. The number of nitrogens with zero attached hydrogens (tertiary/aromatic N) is 1. The Morgan fingerprint density at radius 1 is 1.26 bits per heavy atom. The first kappa shape index (κ1) is 17.4. The van der Waals surface area contributed by atoms with E-state index in [1.165, 1.54) is 29.8 Å². The highest BCUT2D eigenvalue weighted by Gasteiger charge is 2.27. The second-order valence-corrected chi connectivity index (χ2v) is 5.36. The van der Waals surface area contributed by atoms with E-state index in [1.807, 2.05) is 0 Å². The summed E-state index contributed by atoms with van der Waals surface area (Å²) in [6.07, 6.45) is -4.62. The summed E-state index contributed by atoms with van der Waals surface area (Å²) in [5.74, 6) is -0.879. The molecular formula is C14H12F4N2O2S. The first-order valence-corrected chi connectivity index (χ1v) is 7.37. The van der Waals surface area contributed by atoms with Gasteiger partial charge in [-0.15, -0.1) is 11.3 Å². The van der Waals surface area contributed by atoms with Gasteiger partial charge in [-0.25, -0.2) is 9.37 Å². The number of hydrogen-bond acceptors (Lipinski definition) is 4. The number of ether oxygens (including phenoxy) is 1. The topological polar surface area (TPSA) is 51.2 Å². The molecule has 0 fully saturated rings. The van der Waals surface area contributed by atoms with Crippen molar-refractivity contribution in [3.8, 4) is 11.3 Å². The van der Waals surface area contributed by atoms with Crippen LogP contribution in [0.4, 0.5) is 22.6 Å². The van der Waals surface area contributed by atoms with E-state index in [1.54, 1.807) is 0 Å². The number of halogens is 4. The van der Waals surface area contributed by atoms with Crippen molar-refractivity contribution in [3.05, 3.63) is 35.6 Å². The van der Waals surface area contributed by atoms with Crippen molar-refractivity contribution >= 4 is 22.2 Å². The highest BCUT2D eigenvalue weighted by molar-refractivity contribution is 7.14. The van der Waals surface area contributed by atoms with Gasteiger partial charge in [-0.05, 0) is 24.3 Å². The predicted octanol–water partition coefficient (Wildman–Crippen LogP) is 3.86. The molecular weight excluding hydrogens is 336 g/mol. The Morgan fingerprint density at radius 3 is 2.61 bits per heavy atom. The summed E-state index contributed by atoms with van der Waals surface area (Å²) >= 11 is 1.16. The SMILES string of the molecule is O=C(CCOCC(F)(F)F)Nc1scnc1-c1ccc(F)cc1. The van der Waals surface area contributed by atoms with Crippen molar-refractivity contribution < 1.29 is 27.1 Å². The Hall–Kier alpha value is -2.00. The normalized spacial score (nSPS) is 11.5.